The van der Waals surface area contributed by atoms with Crippen LogP contribution in [0.2, 0.25) is 0 Å². The normalized spacial score (nSPS) is 32.3. The molecule has 1 amide bonds. The SMILES string of the molecule is C=C1NC(=O)C2(CCC(C(=O)C(C)(C)C)CC2)N1. The molecule has 0 unspecified atom stereocenters. The van der Waals surface area contributed by atoms with Crippen LogP contribution in [0, 0.1) is 11.3 Å². The van der Waals surface area contributed by atoms with E-state index in [9.17, 15) is 9.59 Å². The molecule has 2 N–H and O–H groups in total. The van der Waals surface area contributed by atoms with E-state index in [0.717, 1.165) is 12.8 Å². The summed E-state index contributed by atoms with van der Waals surface area (Å²) in [5.41, 5.74) is -0.796. The van der Waals surface area contributed by atoms with Crippen molar-refractivity contribution in [2.75, 3.05) is 0 Å². The molecule has 4 heteroatoms. The average molecular weight is 250 g/mol. The molecule has 2 aliphatic rings. The minimum Gasteiger partial charge on any atom is -0.358 e. The Morgan fingerprint density at radius 2 is 1.89 bits per heavy atom. The van der Waals surface area contributed by atoms with Gasteiger partial charge in [0.05, 0.1) is 5.82 Å². The number of rotatable bonds is 1. The Morgan fingerprint density at radius 1 is 1.33 bits per heavy atom. The summed E-state index contributed by atoms with van der Waals surface area (Å²) in [5, 5.41) is 5.87. The Bertz CT molecular complexity index is 399. The maximum atomic E-state index is 12.2. The molecule has 1 saturated carbocycles. The van der Waals surface area contributed by atoms with E-state index in [-0.39, 0.29) is 17.2 Å². The van der Waals surface area contributed by atoms with Crippen LogP contribution < -0.4 is 10.6 Å². The first kappa shape index (κ1) is 13.1. The van der Waals surface area contributed by atoms with E-state index in [2.05, 4.69) is 17.2 Å². The summed E-state index contributed by atoms with van der Waals surface area (Å²) in [4.78, 5) is 24.1. The monoisotopic (exact) mass is 250 g/mol. The fourth-order valence-electron chi connectivity index (χ4n) is 2.97. The molecule has 18 heavy (non-hydrogen) atoms. The zero-order chi connectivity index (χ0) is 13.6. The van der Waals surface area contributed by atoms with Gasteiger partial charge in [-0.15, -0.1) is 0 Å². The molecule has 0 radical (unpaired) electrons. The summed E-state index contributed by atoms with van der Waals surface area (Å²) in [5.74, 6) is 1.00. The first-order valence-corrected chi connectivity index (χ1v) is 6.57. The van der Waals surface area contributed by atoms with Gasteiger partial charge in [-0.05, 0) is 25.7 Å². The maximum absolute atomic E-state index is 12.2. The Balaban J connectivity index is 2.03. The van der Waals surface area contributed by atoms with E-state index in [4.69, 9.17) is 0 Å². The van der Waals surface area contributed by atoms with Crippen LogP contribution in [0.5, 0.6) is 0 Å². The smallest absolute Gasteiger partial charge is 0.251 e. The van der Waals surface area contributed by atoms with Crippen LogP contribution in [0.15, 0.2) is 12.4 Å². The summed E-state index contributed by atoms with van der Waals surface area (Å²) in [6, 6.07) is 0. The molecule has 0 aromatic carbocycles. The zero-order valence-corrected chi connectivity index (χ0v) is 11.4. The van der Waals surface area contributed by atoms with Crippen LogP contribution in [0.1, 0.15) is 46.5 Å². The van der Waals surface area contributed by atoms with Crippen molar-refractivity contribution in [3.8, 4) is 0 Å². The quantitative estimate of drug-likeness (QED) is 0.745. The molecule has 4 nitrogen and oxygen atoms in total. The first-order chi connectivity index (χ1) is 8.24. The molecule has 1 aliphatic carbocycles. The van der Waals surface area contributed by atoms with Gasteiger partial charge in [0.1, 0.15) is 11.3 Å². The highest BCUT2D eigenvalue weighted by atomic mass is 16.2. The Morgan fingerprint density at radius 3 is 2.28 bits per heavy atom. The topological polar surface area (TPSA) is 58.2 Å². The maximum Gasteiger partial charge on any atom is 0.251 e. The third-order valence-corrected chi connectivity index (χ3v) is 4.04. The molecule has 1 saturated heterocycles. The van der Waals surface area contributed by atoms with E-state index in [1.54, 1.807) is 0 Å². The zero-order valence-electron chi connectivity index (χ0n) is 11.4. The van der Waals surface area contributed by atoms with Crippen molar-refractivity contribution >= 4 is 11.7 Å². The predicted molar refractivity (Wildman–Crippen MR) is 69.6 cm³/mol. The number of ketones is 1. The van der Waals surface area contributed by atoms with E-state index in [1.165, 1.54) is 0 Å². The summed E-state index contributed by atoms with van der Waals surface area (Å²) < 4.78 is 0. The van der Waals surface area contributed by atoms with Gasteiger partial charge in [0, 0.05) is 11.3 Å². The molecule has 0 aromatic heterocycles. The molecule has 2 rings (SSSR count). The van der Waals surface area contributed by atoms with Crippen LogP contribution in [0.3, 0.4) is 0 Å². The van der Waals surface area contributed by atoms with Gasteiger partial charge < -0.3 is 10.6 Å². The summed E-state index contributed by atoms with van der Waals surface area (Å²) in [7, 11) is 0. The number of amides is 1. The molecule has 100 valence electrons. The van der Waals surface area contributed by atoms with E-state index in [1.807, 2.05) is 20.8 Å². The minimum absolute atomic E-state index is 0.00848. The van der Waals surface area contributed by atoms with Crippen LogP contribution in [-0.2, 0) is 9.59 Å². The molecule has 1 spiro atoms. The third kappa shape index (κ3) is 2.16. The second-order valence-corrected chi connectivity index (χ2v) is 6.53. The second-order valence-electron chi connectivity index (χ2n) is 6.53. The fraction of sp³-hybridized carbons (Fsp3) is 0.714. The highest BCUT2D eigenvalue weighted by Crippen LogP contribution is 2.38. The standard InChI is InChI=1S/C14H22N2O2/c1-9-15-12(18)14(16-9)7-5-10(6-8-14)11(17)13(2,3)4/h10,16H,1,5-8H2,2-4H3,(H,15,18). The van der Waals surface area contributed by atoms with E-state index >= 15 is 0 Å². The van der Waals surface area contributed by atoms with Crippen molar-refractivity contribution in [1.29, 1.82) is 0 Å². The molecular weight excluding hydrogens is 228 g/mol. The van der Waals surface area contributed by atoms with Crippen molar-refractivity contribution < 1.29 is 9.59 Å². The largest absolute Gasteiger partial charge is 0.358 e. The summed E-state index contributed by atoms with van der Waals surface area (Å²) >= 11 is 0. The van der Waals surface area contributed by atoms with Gasteiger partial charge in [-0.1, -0.05) is 27.4 Å². The number of Topliss-reactive ketones (excluding diaryl/α,β-unsaturated/α-hetero) is 1. The molecule has 2 fully saturated rings. The third-order valence-electron chi connectivity index (χ3n) is 4.04. The van der Waals surface area contributed by atoms with Crippen molar-refractivity contribution in [2.45, 2.75) is 52.0 Å². The molecule has 0 atom stereocenters. The van der Waals surface area contributed by atoms with Gasteiger partial charge in [-0.2, -0.15) is 0 Å². The molecule has 1 aliphatic heterocycles. The van der Waals surface area contributed by atoms with Crippen LogP contribution in [0.4, 0.5) is 0 Å². The molecule has 0 aromatic rings. The number of hydrogen-bond donors (Lipinski definition) is 2. The van der Waals surface area contributed by atoms with E-state index < -0.39 is 5.54 Å². The number of carbonyl (C=O) groups is 2. The number of nitrogens with one attached hydrogen (secondary N) is 2. The minimum atomic E-state index is -0.508. The number of carbonyl (C=O) groups excluding carboxylic acids is 2. The summed E-state index contributed by atoms with van der Waals surface area (Å²) in [6.45, 7) is 9.62. The Labute approximate surface area is 108 Å². The van der Waals surface area contributed by atoms with Crippen LogP contribution >= 0.6 is 0 Å². The van der Waals surface area contributed by atoms with Crippen molar-refractivity contribution in [3.63, 3.8) is 0 Å². The summed E-state index contributed by atoms with van der Waals surface area (Å²) in [6.07, 6.45) is 2.99. The van der Waals surface area contributed by atoms with Gasteiger partial charge in [0.2, 0.25) is 0 Å². The Kier molecular flexibility index (Phi) is 2.99. The molecule has 0 bridgehead atoms. The highest BCUT2D eigenvalue weighted by molar-refractivity contribution is 5.91. The van der Waals surface area contributed by atoms with Crippen molar-refractivity contribution in [2.24, 2.45) is 11.3 Å². The predicted octanol–water partition coefficient (Wildman–Crippen LogP) is 1.72. The fourth-order valence-corrected chi connectivity index (χ4v) is 2.97. The average Bonchev–Trinajstić information content (AvgIpc) is 2.53. The lowest BCUT2D eigenvalue weighted by atomic mass is 9.71. The number of hydrogen-bond acceptors (Lipinski definition) is 3. The van der Waals surface area contributed by atoms with Gasteiger partial charge in [-0.3, -0.25) is 9.59 Å². The van der Waals surface area contributed by atoms with Gasteiger partial charge in [0.25, 0.3) is 5.91 Å². The van der Waals surface area contributed by atoms with Crippen LogP contribution in [-0.4, -0.2) is 17.2 Å². The lowest BCUT2D eigenvalue weighted by Crippen LogP contribution is -2.50. The van der Waals surface area contributed by atoms with Crippen molar-refractivity contribution in [1.82, 2.24) is 10.6 Å². The van der Waals surface area contributed by atoms with E-state index in [0.29, 0.717) is 24.4 Å². The Hall–Kier alpha value is -1.32. The van der Waals surface area contributed by atoms with Gasteiger partial charge >= 0.3 is 0 Å². The highest BCUT2D eigenvalue weighted by Gasteiger charge is 2.47. The van der Waals surface area contributed by atoms with Crippen LogP contribution in [0.25, 0.3) is 0 Å². The molecule has 1 heterocycles. The first-order valence-electron chi connectivity index (χ1n) is 6.57. The molecular formula is C14H22N2O2. The van der Waals surface area contributed by atoms with Crippen molar-refractivity contribution in [3.05, 3.63) is 12.4 Å². The second kappa shape index (κ2) is 4.11. The van der Waals surface area contributed by atoms with Gasteiger partial charge in [-0.25, -0.2) is 0 Å². The lowest BCUT2D eigenvalue weighted by Gasteiger charge is -2.36. The van der Waals surface area contributed by atoms with Gasteiger partial charge in [0.15, 0.2) is 0 Å². The lowest BCUT2D eigenvalue weighted by molar-refractivity contribution is -0.134.